The van der Waals surface area contributed by atoms with Crippen molar-refractivity contribution in [3.63, 3.8) is 0 Å². The summed E-state index contributed by atoms with van der Waals surface area (Å²) in [5, 5.41) is 2.89. The van der Waals surface area contributed by atoms with Gasteiger partial charge >= 0.3 is 0 Å². The Kier molecular flexibility index (Phi) is 5.00. The van der Waals surface area contributed by atoms with Gasteiger partial charge in [0.15, 0.2) is 0 Å². The fourth-order valence-corrected chi connectivity index (χ4v) is 3.09. The van der Waals surface area contributed by atoms with E-state index in [0.29, 0.717) is 25.0 Å². The molecule has 106 valence electrons. The molecule has 0 amide bonds. The summed E-state index contributed by atoms with van der Waals surface area (Å²) < 4.78 is 31.9. The highest BCUT2D eigenvalue weighted by Gasteiger charge is 2.25. The number of nitrogens with one attached hydrogen (secondary N) is 2. The van der Waals surface area contributed by atoms with E-state index in [1.807, 2.05) is 0 Å². The molecule has 1 saturated carbocycles. The van der Waals surface area contributed by atoms with E-state index in [-0.39, 0.29) is 5.25 Å². The van der Waals surface area contributed by atoms with E-state index in [9.17, 15) is 8.42 Å². The van der Waals surface area contributed by atoms with Crippen LogP contribution in [0, 0.1) is 5.92 Å². The van der Waals surface area contributed by atoms with Gasteiger partial charge in [-0.15, -0.1) is 0 Å². The zero-order chi connectivity index (χ0) is 13.0. The maximum absolute atomic E-state index is 12.0. The smallest absolute Gasteiger partial charge is 0.215 e. The first-order valence-corrected chi connectivity index (χ1v) is 8.42. The van der Waals surface area contributed by atoms with Gasteiger partial charge in [0, 0.05) is 32.3 Å². The molecule has 2 N–H and O–H groups in total. The van der Waals surface area contributed by atoms with Gasteiger partial charge < -0.3 is 10.1 Å². The van der Waals surface area contributed by atoms with Crippen molar-refractivity contribution >= 4 is 10.0 Å². The van der Waals surface area contributed by atoms with E-state index >= 15 is 0 Å². The van der Waals surface area contributed by atoms with Gasteiger partial charge in [0.2, 0.25) is 10.0 Å². The van der Waals surface area contributed by atoms with Crippen molar-refractivity contribution in [1.29, 1.82) is 0 Å². The third-order valence-electron chi connectivity index (χ3n) is 3.68. The van der Waals surface area contributed by atoms with Gasteiger partial charge in [-0.3, -0.25) is 0 Å². The SMILES string of the molecule is CC(CNC1CC1)S(=O)(=O)NCCC1CCOC1. The van der Waals surface area contributed by atoms with Crippen LogP contribution in [0.5, 0.6) is 0 Å². The average molecular weight is 276 g/mol. The summed E-state index contributed by atoms with van der Waals surface area (Å²) in [5.74, 6) is 0.521. The van der Waals surface area contributed by atoms with Gasteiger partial charge in [0.1, 0.15) is 0 Å². The number of ether oxygens (including phenoxy) is 1. The Morgan fingerprint density at radius 3 is 2.72 bits per heavy atom. The molecule has 0 bridgehead atoms. The molecule has 1 aliphatic heterocycles. The third kappa shape index (κ3) is 4.50. The van der Waals surface area contributed by atoms with E-state index in [4.69, 9.17) is 4.74 Å². The first-order chi connectivity index (χ1) is 8.58. The number of hydrogen-bond donors (Lipinski definition) is 2. The lowest BCUT2D eigenvalue weighted by Gasteiger charge is -2.15. The maximum atomic E-state index is 12.0. The minimum absolute atomic E-state index is 0.363. The predicted molar refractivity (Wildman–Crippen MR) is 71.0 cm³/mol. The summed E-state index contributed by atoms with van der Waals surface area (Å²) in [6, 6.07) is 0.554. The monoisotopic (exact) mass is 276 g/mol. The highest BCUT2D eigenvalue weighted by atomic mass is 32.2. The molecular weight excluding hydrogens is 252 g/mol. The van der Waals surface area contributed by atoms with Gasteiger partial charge in [-0.05, 0) is 38.5 Å². The second-order valence-electron chi connectivity index (χ2n) is 5.45. The molecule has 1 aliphatic carbocycles. The first kappa shape index (κ1) is 14.2. The molecule has 0 radical (unpaired) electrons. The van der Waals surface area contributed by atoms with Crippen LogP contribution in [0.25, 0.3) is 0 Å². The Balaban J connectivity index is 1.64. The topological polar surface area (TPSA) is 67.4 Å². The summed E-state index contributed by atoms with van der Waals surface area (Å²) in [7, 11) is -3.17. The summed E-state index contributed by atoms with van der Waals surface area (Å²) >= 11 is 0. The fourth-order valence-electron chi connectivity index (χ4n) is 2.09. The first-order valence-electron chi connectivity index (χ1n) is 6.87. The Bertz CT molecular complexity index is 348. The fraction of sp³-hybridized carbons (Fsp3) is 1.00. The molecule has 0 aromatic carbocycles. The largest absolute Gasteiger partial charge is 0.381 e. The zero-order valence-electron chi connectivity index (χ0n) is 11.0. The molecule has 0 aromatic rings. The van der Waals surface area contributed by atoms with Crippen molar-refractivity contribution in [2.75, 3.05) is 26.3 Å². The quantitative estimate of drug-likeness (QED) is 0.676. The number of sulfonamides is 1. The Morgan fingerprint density at radius 1 is 1.33 bits per heavy atom. The molecule has 0 aromatic heterocycles. The Morgan fingerprint density at radius 2 is 2.11 bits per heavy atom. The van der Waals surface area contributed by atoms with Gasteiger partial charge in [0.05, 0.1) is 5.25 Å². The molecule has 5 nitrogen and oxygen atoms in total. The van der Waals surface area contributed by atoms with Gasteiger partial charge in [-0.25, -0.2) is 13.1 Å². The molecule has 2 fully saturated rings. The van der Waals surface area contributed by atoms with Gasteiger partial charge in [0.25, 0.3) is 0 Å². The van der Waals surface area contributed by atoms with Gasteiger partial charge in [-0.1, -0.05) is 0 Å². The van der Waals surface area contributed by atoms with E-state index in [1.54, 1.807) is 6.92 Å². The molecule has 2 aliphatic rings. The van der Waals surface area contributed by atoms with Crippen LogP contribution in [0.4, 0.5) is 0 Å². The normalized spacial score (nSPS) is 26.4. The highest BCUT2D eigenvalue weighted by Crippen LogP contribution is 2.19. The van der Waals surface area contributed by atoms with Gasteiger partial charge in [-0.2, -0.15) is 0 Å². The zero-order valence-corrected chi connectivity index (χ0v) is 11.8. The lowest BCUT2D eigenvalue weighted by atomic mass is 10.1. The summed E-state index contributed by atoms with van der Waals surface area (Å²) in [6.07, 6.45) is 4.30. The molecular formula is C12H24N2O3S. The van der Waals surface area contributed by atoms with Crippen LogP contribution in [-0.2, 0) is 14.8 Å². The second-order valence-corrected chi connectivity index (χ2v) is 7.63. The maximum Gasteiger partial charge on any atom is 0.215 e. The van der Waals surface area contributed by atoms with Crippen LogP contribution in [0.15, 0.2) is 0 Å². The van der Waals surface area contributed by atoms with E-state index in [1.165, 1.54) is 12.8 Å². The molecule has 18 heavy (non-hydrogen) atoms. The Hall–Kier alpha value is -0.170. The molecule has 2 rings (SSSR count). The van der Waals surface area contributed by atoms with Crippen molar-refractivity contribution in [3.05, 3.63) is 0 Å². The minimum atomic E-state index is -3.17. The summed E-state index contributed by atoms with van der Waals surface area (Å²) in [4.78, 5) is 0. The minimum Gasteiger partial charge on any atom is -0.381 e. The Labute approximate surface area is 110 Å². The van der Waals surface area contributed by atoms with Crippen molar-refractivity contribution in [2.24, 2.45) is 5.92 Å². The van der Waals surface area contributed by atoms with Crippen LogP contribution in [-0.4, -0.2) is 46.0 Å². The molecule has 2 atom stereocenters. The van der Waals surface area contributed by atoms with E-state index < -0.39 is 10.0 Å². The third-order valence-corrected chi connectivity index (χ3v) is 5.51. The summed E-state index contributed by atoms with van der Waals surface area (Å²) in [6.45, 7) is 4.44. The molecule has 0 spiro atoms. The van der Waals surface area contributed by atoms with E-state index in [2.05, 4.69) is 10.0 Å². The van der Waals surface area contributed by atoms with Crippen molar-refractivity contribution in [1.82, 2.24) is 10.0 Å². The molecule has 1 heterocycles. The van der Waals surface area contributed by atoms with E-state index in [0.717, 1.165) is 26.1 Å². The molecule has 2 unspecified atom stereocenters. The number of hydrogen-bond acceptors (Lipinski definition) is 4. The predicted octanol–water partition coefficient (Wildman–Crippen LogP) is 0.473. The standard InChI is InChI=1S/C12H24N2O3S/c1-10(8-13-12-2-3-12)18(15,16)14-6-4-11-5-7-17-9-11/h10-14H,2-9H2,1H3. The van der Waals surface area contributed by atoms with Crippen LogP contribution in [0.3, 0.4) is 0 Å². The van der Waals surface area contributed by atoms with Crippen molar-refractivity contribution < 1.29 is 13.2 Å². The molecule has 6 heteroatoms. The average Bonchev–Trinajstić information content (AvgIpc) is 3.02. The lowest BCUT2D eigenvalue weighted by molar-refractivity contribution is 0.184. The summed E-state index contributed by atoms with van der Waals surface area (Å²) in [5.41, 5.74) is 0. The van der Waals surface area contributed by atoms with Crippen LogP contribution < -0.4 is 10.0 Å². The van der Waals surface area contributed by atoms with Crippen molar-refractivity contribution in [3.8, 4) is 0 Å². The highest BCUT2D eigenvalue weighted by molar-refractivity contribution is 7.90. The second kappa shape index (κ2) is 6.32. The van der Waals surface area contributed by atoms with Crippen LogP contribution >= 0.6 is 0 Å². The van der Waals surface area contributed by atoms with Crippen LogP contribution in [0.1, 0.15) is 32.6 Å². The van der Waals surface area contributed by atoms with Crippen LogP contribution in [0.2, 0.25) is 0 Å². The number of rotatable bonds is 8. The molecule has 1 saturated heterocycles. The lowest BCUT2D eigenvalue weighted by Crippen LogP contribution is -2.40. The van der Waals surface area contributed by atoms with Crippen molar-refractivity contribution in [2.45, 2.75) is 43.9 Å².